The van der Waals surface area contributed by atoms with Crippen molar-refractivity contribution in [2.75, 3.05) is 16.0 Å². The van der Waals surface area contributed by atoms with Gasteiger partial charge in [0.15, 0.2) is 5.82 Å². The highest BCUT2D eigenvalue weighted by Crippen LogP contribution is 2.64. The molecule has 2 aliphatic rings. The first-order valence-electron chi connectivity index (χ1n) is 10.1. The molecule has 0 bridgehead atoms. The van der Waals surface area contributed by atoms with Gasteiger partial charge in [-0.1, -0.05) is 11.6 Å². The van der Waals surface area contributed by atoms with Gasteiger partial charge in [0.05, 0.1) is 27.6 Å². The van der Waals surface area contributed by atoms with E-state index in [0.29, 0.717) is 6.42 Å². The third-order valence-corrected chi connectivity index (χ3v) is 8.22. The second kappa shape index (κ2) is 8.92. The van der Waals surface area contributed by atoms with Gasteiger partial charge in [0.1, 0.15) is 20.2 Å². The van der Waals surface area contributed by atoms with E-state index >= 15 is 4.39 Å². The van der Waals surface area contributed by atoms with E-state index in [4.69, 9.17) is 58.0 Å². The predicted molar refractivity (Wildman–Crippen MR) is 133 cm³/mol. The van der Waals surface area contributed by atoms with Crippen LogP contribution in [0.1, 0.15) is 30.1 Å². The summed E-state index contributed by atoms with van der Waals surface area (Å²) in [6.45, 7) is 1.46. The zero-order valence-electron chi connectivity index (χ0n) is 17.7. The Morgan fingerprint density at radius 3 is 2.20 bits per heavy atom. The fourth-order valence-corrected chi connectivity index (χ4v) is 4.77. The minimum absolute atomic E-state index is 0.00854. The van der Waals surface area contributed by atoms with Crippen LogP contribution in [0, 0.1) is 23.0 Å². The molecule has 4 rings (SSSR count). The molecule has 3 amide bonds. The van der Waals surface area contributed by atoms with E-state index in [1.165, 1.54) is 25.1 Å². The zero-order valence-corrected chi connectivity index (χ0v) is 21.5. The summed E-state index contributed by atoms with van der Waals surface area (Å²) in [7, 11) is 0. The minimum Gasteiger partial charge on any atom is -0.326 e. The van der Waals surface area contributed by atoms with Crippen LogP contribution in [-0.4, -0.2) is 26.4 Å². The summed E-state index contributed by atoms with van der Waals surface area (Å²) in [6.07, 6.45) is 0.402. The number of anilines is 3. The Labute approximate surface area is 223 Å². The van der Waals surface area contributed by atoms with E-state index in [1.807, 2.05) is 0 Å². The lowest BCUT2D eigenvalue weighted by Crippen LogP contribution is -2.27. The van der Waals surface area contributed by atoms with E-state index in [2.05, 4.69) is 16.0 Å². The zero-order chi connectivity index (χ0) is 25.9. The standard InChI is InChI=1S/C22H16Cl5F2N3O3/c1-20(8-22(20,26)27)19(35)32-16-13(28)4-5-14(15(16)29)31-17(33)10-6-9(2-3-12(10)23)30-18(34)11-7-21(11,24)25/h2-6,11H,7-8H2,1H3,(H,30,34)(H,31,33)(H,32,35). The number of hydrogen-bond acceptors (Lipinski definition) is 3. The molecule has 6 nitrogen and oxygen atoms in total. The average Bonchev–Trinajstić information content (AvgIpc) is 3.58. The van der Waals surface area contributed by atoms with Crippen molar-refractivity contribution in [2.45, 2.75) is 28.4 Å². The number of hydrogen-bond donors (Lipinski definition) is 3. The molecule has 2 atom stereocenters. The molecule has 3 N–H and O–H groups in total. The van der Waals surface area contributed by atoms with Gasteiger partial charge in [0, 0.05) is 5.69 Å². The van der Waals surface area contributed by atoms with Crippen LogP contribution >= 0.6 is 58.0 Å². The molecule has 0 radical (unpaired) electrons. The largest absolute Gasteiger partial charge is 0.326 e. The third kappa shape index (κ3) is 5.04. The van der Waals surface area contributed by atoms with E-state index in [0.717, 1.165) is 12.1 Å². The Balaban J connectivity index is 1.52. The van der Waals surface area contributed by atoms with Gasteiger partial charge in [-0.15, -0.1) is 46.4 Å². The summed E-state index contributed by atoms with van der Waals surface area (Å²) < 4.78 is 26.9. The summed E-state index contributed by atoms with van der Waals surface area (Å²) >= 11 is 29.8. The molecule has 186 valence electrons. The van der Waals surface area contributed by atoms with Crippen molar-refractivity contribution in [1.82, 2.24) is 0 Å². The summed E-state index contributed by atoms with van der Waals surface area (Å²) in [5.74, 6) is -4.94. The second-order valence-electron chi connectivity index (χ2n) is 8.61. The monoisotopic (exact) mass is 583 g/mol. The number of carbonyl (C=O) groups excluding carboxylic acids is 3. The van der Waals surface area contributed by atoms with E-state index < -0.39 is 60.7 Å². The van der Waals surface area contributed by atoms with Gasteiger partial charge in [-0.05, 0) is 50.1 Å². The Bertz CT molecular complexity index is 1270. The summed E-state index contributed by atoms with van der Waals surface area (Å²) in [4.78, 5) is 37.5. The number of benzene rings is 2. The Morgan fingerprint density at radius 1 is 1.00 bits per heavy atom. The van der Waals surface area contributed by atoms with Crippen LogP contribution in [0.5, 0.6) is 0 Å². The molecule has 0 saturated heterocycles. The van der Waals surface area contributed by atoms with Crippen LogP contribution in [0.15, 0.2) is 30.3 Å². The minimum atomic E-state index is -1.35. The van der Waals surface area contributed by atoms with Crippen molar-refractivity contribution in [2.24, 2.45) is 11.3 Å². The predicted octanol–water partition coefficient (Wildman–Crippen LogP) is 6.53. The molecule has 0 spiro atoms. The molecule has 13 heteroatoms. The van der Waals surface area contributed by atoms with Gasteiger partial charge in [-0.2, -0.15) is 0 Å². The number of rotatable bonds is 6. The first-order valence-corrected chi connectivity index (χ1v) is 12.0. The molecular formula is C22H16Cl5F2N3O3. The summed E-state index contributed by atoms with van der Waals surface area (Å²) in [6, 6.07) is 5.96. The smallest absolute Gasteiger partial charge is 0.257 e. The fourth-order valence-electron chi connectivity index (χ4n) is 3.36. The summed E-state index contributed by atoms with van der Waals surface area (Å²) in [5.41, 5.74) is -2.28. The van der Waals surface area contributed by atoms with Crippen molar-refractivity contribution in [3.8, 4) is 0 Å². The SMILES string of the molecule is CC1(C(=O)Nc2c(F)ccc(NC(=O)c3cc(NC(=O)C4CC4(Cl)Cl)ccc3Cl)c2F)CC1(Cl)Cl. The van der Waals surface area contributed by atoms with E-state index in [-0.39, 0.29) is 22.7 Å². The third-order valence-electron chi connectivity index (χ3n) is 5.96. The molecular weight excluding hydrogens is 570 g/mol. The Morgan fingerprint density at radius 2 is 1.63 bits per heavy atom. The molecule has 2 aliphatic carbocycles. The lowest BCUT2D eigenvalue weighted by atomic mass is 10.1. The quantitative estimate of drug-likeness (QED) is 0.337. The fraction of sp³-hybridized carbons (Fsp3) is 0.318. The van der Waals surface area contributed by atoms with Crippen LogP contribution in [0.2, 0.25) is 5.02 Å². The maximum atomic E-state index is 15.0. The second-order valence-corrected chi connectivity index (χ2v) is 12.0. The van der Waals surface area contributed by atoms with Gasteiger partial charge in [0.25, 0.3) is 5.91 Å². The number of nitrogens with one attached hydrogen (secondary N) is 3. The topological polar surface area (TPSA) is 87.3 Å². The van der Waals surface area contributed by atoms with Crippen LogP contribution < -0.4 is 16.0 Å². The molecule has 2 saturated carbocycles. The van der Waals surface area contributed by atoms with Gasteiger partial charge in [-0.3, -0.25) is 14.4 Å². The first kappa shape index (κ1) is 26.2. The van der Waals surface area contributed by atoms with Crippen LogP contribution in [0.3, 0.4) is 0 Å². The maximum Gasteiger partial charge on any atom is 0.257 e. The molecule has 2 unspecified atom stereocenters. The van der Waals surface area contributed by atoms with Gasteiger partial charge < -0.3 is 16.0 Å². The van der Waals surface area contributed by atoms with Gasteiger partial charge >= 0.3 is 0 Å². The maximum absolute atomic E-state index is 15.0. The van der Waals surface area contributed by atoms with Gasteiger partial charge in [0.2, 0.25) is 11.8 Å². The number of alkyl halides is 4. The normalized spacial score (nSPS) is 23.3. The van der Waals surface area contributed by atoms with Crippen molar-refractivity contribution >= 4 is 92.8 Å². The van der Waals surface area contributed by atoms with E-state index in [9.17, 15) is 18.8 Å². The molecule has 2 aromatic rings. The van der Waals surface area contributed by atoms with Crippen molar-refractivity contribution in [3.05, 3.63) is 52.6 Å². The number of carbonyl (C=O) groups is 3. The molecule has 2 aromatic carbocycles. The van der Waals surface area contributed by atoms with Crippen LogP contribution in [0.4, 0.5) is 25.8 Å². The number of halogens is 7. The average molecular weight is 586 g/mol. The van der Waals surface area contributed by atoms with Gasteiger partial charge in [-0.25, -0.2) is 8.78 Å². The van der Waals surface area contributed by atoms with E-state index in [1.54, 1.807) is 0 Å². The van der Waals surface area contributed by atoms with Crippen LogP contribution in [0.25, 0.3) is 0 Å². The van der Waals surface area contributed by atoms with Crippen molar-refractivity contribution < 1.29 is 23.2 Å². The lowest BCUT2D eigenvalue weighted by molar-refractivity contribution is -0.120. The van der Waals surface area contributed by atoms with Crippen LogP contribution in [-0.2, 0) is 9.59 Å². The lowest BCUT2D eigenvalue weighted by Gasteiger charge is -2.16. The van der Waals surface area contributed by atoms with Crippen molar-refractivity contribution in [3.63, 3.8) is 0 Å². The Kier molecular flexibility index (Phi) is 6.69. The highest BCUT2D eigenvalue weighted by molar-refractivity contribution is 6.53. The highest BCUT2D eigenvalue weighted by Gasteiger charge is 2.68. The molecule has 0 aromatic heterocycles. The first-order chi connectivity index (χ1) is 16.2. The van der Waals surface area contributed by atoms with Crippen molar-refractivity contribution in [1.29, 1.82) is 0 Å². The molecule has 0 aliphatic heterocycles. The number of amides is 3. The molecule has 0 heterocycles. The highest BCUT2D eigenvalue weighted by atomic mass is 35.5. The molecule has 2 fully saturated rings. The summed E-state index contributed by atoms with van der Waals surface area (Å²) in [5, 5.41) is 7.03. The molecule has 35 heavy (non-hydrogen) atoms. The Hall–Kier alpha value is -1.84.